The van der Waals surface area contributed by atoms with Crippen LogP contribution in [0.1, 0.15) is 77.7 Å². The maximum absolute atomic E-state index is 4.63. The molecule has 0 bridgehead atoms. The molecular weight excluding hydrogens is 258 g/mol. The Labute approximate surface area is 129 Å². The summed E-state index contributed by atoms with van der Waals surface area (Å²) in [5.74, 6) is 2.69. The third-order valence-electron chi connectivity index (χ3n) is 5.60. The van der Waals surface area contributed by atoms with Crippen molar-refractivity contribution in [1.29, 1.82) is 0 Å². The van der Waals surface area contributed by atoms with E-state index in [2.05, 4.69) is 34.9 Å². The zero-order valence-corrected chi connectivity index (χ0v) is 13.7. The van der Waals surface area contributed by atoms with Crippen LogP contribution in [0.3, 0.4) is 0 Å². The highest BCUT2D eigenvalue weighted by Crippen LogP contribution is 2.39. The molecular formula is C18H31N3. The molecule has 3 heteroatoms. The molecule has 0 aliphatic heterocycles. The number of rotatable bonds is 4. The van der Waals surface area contributed by atoms with E-state index in [-0.39, 0.29) is 0 Å². The van der Waals surface area contributed by atoms with E-state index < -0.39 is 0 Å². The Balaban J connectivity index is 1.73. The maximum Gasteiger partial charge on any atom is 0.203 e. The molecule has 0 radical (unpaired) electrons. The Morgan fingerprint density at radius 1 is 1.05 bits per heavy atom. The van der Waals surface area contributed by atoms with Gasteiger partial charge in [-0.3, -0.25) is 0 Å². The van der Waals surface area contributed by atoms with Crippen LogP contribution in [0.4, 0.5) is 5.95 Å². The molecule has 1 aromatic rings. The van der Waals surface area contributed by atoms with Gasteiger partial charge in [-0.15, -0.1) is 0 Å². The van der Waals surface area contributed by atoms with Crippen LogP contribution < -0.4 is 5.32 Å². The van der Waals surface area contributed by atoms with Crippen molar-refractivity contribution in [2.24, 2.45) is 11.8 Å². The van der Waals surface area contributed by atoms with Gasteiger partial charge in [0.05, 0.1) is 0 Å². The van der Waals surface area contributed by atoms with Crippen LogP contribution in [0.5, 0.6) is 0 Å². The molecule has 0 amide bonds. The van der Waals surface area contributed by atoms with Gasteiger partial charge in [0.1, 0.15) is 0 Å². The molecule has 0 spiro atoms. The second-order valence-electron chi connectivity index (χ2n) is 7.40. The van der Waals surface area contributed by atoms with Crippen molar-refractivity contribution >= 4 is 5.95 Å². The van der Waals surface area contributed by atoms with E-state index in [0.29, 0.717) is 12.1 Å². The van der Waals surface area contributed by atoms with Gasteiger partial charge in [-0.2, -0.15) is 0 Å². The van der Waals surface area contributed by atoms with Crippen molar-refractivity contribution in [3.05, 3.63) is 12.4 Å². The van der Waals surface area contributed by atoms with E-state index in [1.165, 1.54) is 57.8 Å². The van der Waals surface area contributed by atoms with E-state index in [9.17, 15) is 0 Å². The first-order valence-corrected chi connectivity index (χ1v) is 9.05. The molecule has 0 saturated heterocycles. The summed E-state index contributed by atoms with van der Waals surface area (Å²) in [6, 6.07) is 1.29. The highest BCUT2D eigenvalue weighted by atomic mass is 15.2. The third kappa shape index (κ3) is 3.44. The molecule has 2 atom stereocenters. The number of imidazole rings is 1. The van der Waals surface area contributed by atoms with Gasteiger partial charge >= 0.3 is 0 Å². The van der Waals surface area contributed by atoms with Gasteiger partial charge in [-0.1, -0.05) is 46.0 Å². The highest BCUT2D eigenvalue weighted by molar-refractivity contribution is 5.29. The lowest BCUT2D eigenvalue weighted by Gasteiger charge is -2.36. The molecule has 2 aliphatic rings. The summed E-state index contributed by atoms with van der Waals surface area (Å²) in [6.07, 6.45) is 16.4. The first kappa shape index (κ1) is 14.9. The van der Waals surface area contributed by atoms with Crippen LogP contribution in [-0.4, -0.2) is 15.6 Å². The van der Waals surface area contributed by atoms with E-state index in [1.807, 2.05) is 6.20 Å². The SMILES string of the molecule is CC(C)C1CCCCC1n1ccnc1NC1CCCCC1. The van der Waals surface area contributed by atoms with Gasteiger partial charge in [-0.25, -0.2) is 4.98 Å². The van der Waals surface area contributed by atoms with Gasteiger partial charge in [0.15, 0.2) is 0 Å². The van der Waals surface area contributed by atoms with Gasteiger partial charge in [0.2, 0.25) is 5.95 Å². The zero-order chi connectivity index (χ0) is 14.7. The Hall–Kier alpha value is -0.990. The molecule has 0 aromatic carbocycles. The smallest absolute Gasteiger partial charge is 0.203 e. The van der Waals surface area contributed by atoms with Gasteiger partial charge in [-0.05, 0) is 37.5 Å². The van der Waals surface area contributed by atoms with Crippen LogP contribution in [0.15, 0.2) is 12.4 Å². The number of anilines is 1. The van der Waals surface area contributed by atoms with Gasteiger partial charge in [0.25, 0.3) is 0 Å². The number of nitrogens with zero attached hydrogens (tertiary/aromatic N) is 2. The minimum atomic E-state index is 0.640. The average Bonchev–Trinajstić information content (AvgIpc) is 2.96. The van der Waals surface area contributed by atoms with E-state index in [4.69, 9.17) is 0 Å². The summed E-state index contributed by atoms with van der Waals surface area (Å²) < 4.78 is 2.46. The lowest BCUT2D eigenvalue weighted by Crippen LogP contribution is -2.30. The molecule has 3 nitrogen and oxygen atoms in total. The second kappa shape index (κ2) is 6.85. The fourth-order valence-electron chi connectivity index (χ4n) is 4.38. The van der Waals surface area contributed by atoms with Crippen molar-refractivity contribution in [3.8, 4) is 0 Å². The van der Waals surface area contributed by atoms with Crippen LogP contribution >= 0.6 is 0 Å². The largest absolute Gasteiger partial charge is 0.353 e. The molecule has 2 unspecified atom stereocenters. The van der Waals surface area contributed by atoms with Crippen LogP contribution in [0, 0.1) is 11.8 Å². The first-order chi connectivity index (χ1) is 10.3. The Bertz CT molecular complexity index is 431. The Morgan fingerprint density at radius 2 is 1.76 bits per heavy atom. The second-order valence-corrected chi connectivity index (χ2v) is 7.40. The topological polar surface area (TPSA) is 29.9 Å². The summed E-state index contributed by atoms with van der Waals surface area (Å²) in [7, 11) is 0. The van der Waals surface area contributed by atoms with Crippen molar-refractivity contribution < 1.29 is 0 Å². The average molecular weight is 289 g/mol. The quantitative estimate of drug-likeness (QED) is 0.844. The zero-order valence-electron chi connectivity index (χ0n) is 13.7. The summed E-state index contributed by atoms with van der Waals surface area (Å²) in [5.41, 5.74) is 0. The minimum absolute atomic E-state index is 0.640. The van der Waals surface area contributed by atoms with Crippen LogP contribution in [0.2, 0.25) is 0 Å². The summed E-state index contributed by atoms with van der Waals surface area (Å²) in [6.45, 7) is 4.77. The molecule has 1 N–H and O–H groups in total. The minimum Gasteiger partial charge on any atom is -0.353 e. The molecule has 3 rings (SSSR count). The highest BCUT2D eigenvalue weighted by Gasteiger charge is 2.30. The van der Waals surface area contributed by atoms with E-state index in [0.717, 1.165) is 17.8 Å². The van der Waals surface area contributed by atoms with Gasteiger partial charge in [0, 0.05) is 24.5 Å². The molecule has 2 aliphatic carbocycles. The van der Waals surface area contributed by atoms with E-state index in [1.54, 1.807) is 0 Å². The van der Waals surface area contributed by atoms with Crippen LogP contribution in [-0.2, 0) is 0 Å². The number of hydrogen-bond donors (Lipinski definition) is 1. The Kier molecular flexibility index (Phi) is 4.87. The number of aromatic nitrogens is 2. The standard InChI is InChI=1S/C18H31N3/c1-14(2)16-10-6-7-11-17(16)21-13-12-19-18(21)20-15-8-4-3-5-9-15/h12-17H,3-11H2,1-2H3,(H,19,20). The fraction of sp³-hybridized carbons (Fsp3) is 0.833. The van der Waals surface area contributed by atoms with Crippen molar-refractivity contribution in [2.45, 2.75) is 83.7 Å². The third-order valence-corrected chi connectivity index (χ3v) is 5.60. The molecule has 2 fully saturated rings. The van der Waals surface area contributed by atoms with Crippen molar-refractivity contribution in [2.75, 3.05) is 5.32 Å². The lowest BCUT2D eigenvalue weighted by molar-refractivity contribution is 0.185. The Morgan fingerprint density at radius 3 is 2.52 bits per heavy atom. The normalized spacial score (nSPS) is 28.0. The van der Waals surface area contributed by atoms with Crippen molar-refractivity contribution in [1.82, 2.24) is 9.55 Å². The monoisotopic (exact) mass is 289 g/mol. The number of hydrogen-bond acceptors (Lipinski definition) is 2. The predicted molar refractivity (Wildman–Crippen MR) is 88.6 cm³/mol. The molecule has 1 heterocycles. The van der Waals surface area contributed by atoms with Gasteiger partial charge < -0.3 is 9.88 Å². The molecule has 21 heavy (non-hydrogen) atoms. The fourth-order valence-corrected chi connectivity index (χ4v) is 4.38. The molecule has 1 aromatic heterocycles. The molecule has 2 saturated carbocycles. The maximum atomic E-state index is 4.63. The lowest BCUT2D eigenvalue weighted by atomic mass is 9.77. The summed E-state index contributed by atoms with van der Waals surface area (Å²) >= 11 is 0. The molecule has 118 valence electrons. The number of nitrogens with one attached hydrogen (secondary N) is 1. The predicted octanol–water partition coefficient (Wildman–Crippen LogP) is 5.02. The van der Waals surface area contributed by atoms with Crippen molar-refractivity contribution in [3.63, 3.8) is 0 Å². The summed E-state index contributed by atoms with van der Waals surface area (Å²) in [5, 5.41) is 3.74. The van der Waals surface area contributed by atoms with Crippen LogP contribution in [0.25, 0.3) is 0 Å². The summed E-state index contributed by atoms with van der Waals surface area (Å²) in [4.78, 5) is 4.63. The first-order valence-electron chi connectivity index (χ1n) is 9.05. The van der Waals surface area contributed by atoms with E-state index >= 15 is 0 Å².